The van der Waals surface area contributed by atoms with Gasteiger partial charge in [-0.1, -0.05) is 23.9 Å². The minimum absolute atomic E-state index is 0.179. The second-order valence-electron chi connectivity index (χ2n) is 6.66. The average Bonchev–Trinajstić information content (AvgIpc) is 3.38. The van der Waals surface area contributed by atoms with Crippen molar-refractivity contribution in [1.82, 2.24) is 20.0 Å². The lowest BCUT2D eigenvalue weighted by Crippen LogP contribution is -2.15. The molecule has 0 aliphatic carbocycles. The van der Waals surface area contributed by atoms with Gasteiger partial charge in [-0.05, 0) is 42.5 Å². The van der Waals surface area contributed by atoms with E-state index in [9.17, 15) is 4.79 Å². The molecule has 162 valence electrons. The predicted octanol–water partition coefficient (Wildman–Crippen LogP) is 4.08. The van der Waals surface area contributed by atoms with Gasteiger partial charge in [0.15, 0.2) is 0 Å². The molecular weight excluding hydrogens is 426 g/mol. The van der Waals surface area contributed by atoms with Crippen molar-refractivity contribution < 1.29 is 14.3 Å². The van der Waals surface area contributed by atoms with E-state index in [2.05, 4.69) is 20.6 Å². The summed E-state index contributed by atoms with van der Waals surface area (Å²) in [5, 5.41) is 16.3. The third-order valence-corrected chi connectivity index (χ3v) is 5.52. The van der Waals surface area contributed by atoms with E-state index in [1.165, 1.54) is 11.8 Å². The molecule has 9 heteroatoms. The Morgan fingerprint density at radius 2 is 1.88 bits per heavy atom. The molecule has 0 aliphatic rings. The Kier molecular flexibility index (Phi) is 6.66. The van der Waals surface area contributed by atoms with Gasteiger partial charge in [-0.2, -0.15) is 5.10 Å². The Hall–Kier alpha value is -3.85. The van der Waals surface area contributed by atoms with Crippen LogP contribution in [-0.2, 0) is 4.79 Å². The number of hydrogen-bond donors (Lipinski definition) is 1. The number of carbonyl (C=O) groups excluding carboxylic acids is 1. The van der Waals surface area contributed by atoms with E-state index >= 15 is 0 Å². The highest BCUT2D eigenvalue weighted by Crippen LogP contribution is 2.29. The lowest BCUT2D eigenvalue weighted by atomic mass is 10.1. The monoisotopic (exact) mass is 447 g/mol. The van der Waals surface area contributed by atoms with Crippen LogP contribution < -0.4 is 14.8 Å². The zero-order chi connectivity index (χ0) is 22.3. The van der Waals surface area contributed by atoms with E-state index < -0.39 is 0 Å². The number of hydrogen-bond acceptors (Lipinski definition) is 7. The number of methoxy groups -OCH3 is 2. The van der Waals surface area contributed by atoms with E-state index in [0.717, 1.165) is 16.9 Å². The normalized spacial score (nSPS) is 10.6. The number of rotatable bonds is 8. The summed E-state index contributed by atoms with van der Waals surface area (Å²) >= 11 is 1.31. The van der Waals surface area contributed by atoms with Gasteiger partial charge in [-0.25, -0.2) is 4.68 Å². The molecule has 32 heavy (non-hydrogen) atoms. The van der Waals surface area contributed by atoms with E-state index in [0.29, 0.717) is 22.2 Å². The van der Waals surface area contributed by atoms with Crippen LogP contribution in [0.1, 0.15) is 0 Å². The smallest absolute Gasteiger partial charge is 0.234 e. The highest BCUT2D eigenvalue weighted by atomic mass is 32.2. The van der Waals surface area contributed by atoms with Crippen LogP contribution in [0.25, 0.3) is 16.9 Å². The first-order valence-electron chi connectivity index (χ1n) is 9.75. The topological polar surface area (TPSA) is 91.2 Å². The van der Waals surface area contributed by atoms with Crippen LogP contribution in [-0.4, -0.2) is 45.9 Å². The fourth-order valence-corrected chi connectivity index (χ4v) is 3.61. The fraction of sp³-hybridized carbons (Fsp3) is 0.130. The molecule has 0 unspecified atom stereocenters. The summed E-state index contributed by atoms with van der Waals surface area (Å²) in [6.07, 6.45) is 3.63. The van der Waals surface area contributed by atoms with Gasteiger partial charge in [-0.15, -0.1) is 10.2 Å². The predicted molar refractivity (Wildman–Crippen MR) is 123 cm³/mol. The third-order valence-electron chi connectivity index (χ3n) is 4.60. The van der Waals surface area contributed by atoms with Crippen molar-refractivity contribution in [2.24, 2.45) is 0 Å². The molecule has 4 aromatic rings. The molecule has 2 aromatic carbocycles. The summed E-state index contributed by atoms with van der Waals surface area (Å²) in [5.41, 5.74) is 3.23. The van der Waals surface area contributed by atoms with Gasteiger partial charge in [0, 0.05) is 24.0 Å². The maximum absolute atomic E-state index is 12.4. The quantitative estimate of drug-likeness (QED) is 0.407. The zero-order valence-corrected chi connectivity index (χ0v) is 18.4. The first-order valence-corrected chi connectivity index (χ1v) is 10.7. The molecule has 0 radical (unpaired) electrons. The summed E-state index contributed by atoms with van der Waals surface area (Å²) in [4.78, 5) is 12.4. The summed E-state index contributed by atoms with van der Waals surface area (Å²) < 4.78 is 12.3. The summed E-state index contributed by atoms with van der Waals surface area (Å²) in [6, 6.07) is 18.8. The first kappa shape index (κ1) is 21.4. The Balaban J connectivity index is 1.35. The van der Waals surface area contributed by atoms with Crippen LogP contribution in [0.15, 0.2) is 78.1 Å². The molecule has 0 bridgehead atoms. The van der Waals surface area contributed by atoms with Gasteiger partial charge in [0.1, 0.15) is 16.5 Å². The number of thioether (sulfide) groups is 1. The molecule has 1 N–H and O–H groups in total. The number of nitrogens with one attached hydrogen (secondary N) is 1. The van der Waals surface area contributed by atoms with Crippen molar-refractivity contribution in [3.05, 3.63) is 73.1 Å². The van der Waals surface area contributed by atoms with Crippen LogP contribution in [0.5, 0.6) is 11.5 Å². The minimum atomic E-state index is -0.179. The molecule has 0 spiro atoms. The van der Waals surface area contributed by atoms with E-state index in [1.807, 2.05) is 48.7 Å². The SMILES string of the molecule is COc1ccc(OC)c(NC(=O)CSc2ccc(-c3ccc(-n4cccn4)cc3)nn2)c1. The van der Waals surface area contributed by atoms with Crippen molar-refractivity contribution in [1.29, 1.82) is 0 Å². The molecule has 0 fully saturated rings. The van der Waals surface area contributed by atoms with Crippen molar-refractivity contribution in [3.8, 4) is 28.4 Å². The fourth-order valence-electron chi connectivity index (χ4n) is 2.99. The number of benzene rings is 2. The standard InChI is InChI=1S/C23H21N5O3S/c1-30-18-8-10-21(31-2)20(14-18)25-22(29)15-32-23-11-9-19(26-27-23)16-4-6-17(7-5-16)28-13-3-12-24-28/h3-14H,15H2,1-2H3,(H,25,29). The van der Waals surface area contributed by atoms with Gasteiger partial charge >= 0.3 is 0 Å². The lowest BCUT2D eigenvalue weighted by Gasteiger charge is -2.11. The molecule has 2 aromatic heterocycles. The van der Waals surface area contributed by atoms with Crippen LogP contribution in [0.4, 0.5) is 5.69 Å². The molecule has 1 amide bonds. The number of anilines is 1. The molecular formula is C23H21N5O3S. The number of amides is 1. The highest BCUT2D eigenvalue weighted by molar-refractivity contribution is 7.99. The van der Waals surface area contributed by atoms with Crippen molar-refractivity contribution >= 4 is 23.4 Å². The lowest BCUT2D eigenvalue weighted by molar-refractivity contribution is -0.113. The molecule has 0 aliphatic heterocycles. The van der Waals surface area contributed by atoms with Gasteiger partial charge in [0.25, 0.3) is 0 Å². The molecule has 0 saturated carbocycles. The maximum Gasteiger partial charge on any atom is 0.234 e. The van der Waals surface area contributed by atoms with Gasteiger partial charge in [0.05, 0.1) is 37.0 Å². The number of ether oxygens (including phenoxy) is 2. The summed E-state index contributed by atoms with van der Waals surface area (Å²) in [5.74, 6) is 1.20. The zero-order valence-electron chi connectivity index (χ0n) is 17.6. The average molecular weight is 448 g/mol. The minimum Gasteiger partial charge on any atom is -0.497 e. The van der Waals surface area contributed by atoms with Crippen molar-refractivity contribution in [3.63, 3.8) is 0 Å². The second kappa shape index (κ2) is 9.97. The largest absolute Gasteiger partial charge is 0.497 e. The van der Waals surface area contributed by atoms with Gasteiger partial charge in [-0.3, -0.25) is 4.79 Å². The maximum atomic E-state index is 12.4. The first-order chi connectivity index (χ1) is 15.7. The van der Waals surface area contributed by atoms with Gasteiger partial charge < -0.3 is 14.8 Å². The highest BCUT2D eigenvalue weighted by Gasteiger charge is 2.11. The van der Waals surface area contributed by atoms with Crippen LogP contribution in [0, 0.1) is 0 Å². The Morgan fingerprint density at radius 1 is 1.03 bits per heavy atom. The third kappa shape index (κ3) is 5.06. The second-order valence-corrected chi connectivity index (χ2v) is 7.65. The molecule has 2 heterocycles. The molecule has 8 nitrogen and oxygen atoms in total. The van der Waals surface area contributed by atoms with E-state index in [4.69, 9.17) is 9.47 Å². The molecule has 0 saturated heterocycles. The van der Waals surface area contributed by atoms with E-state index in [-0.39, 0.29) is 11.7 Å². The van der Waals surface area contributed by atoms with Crippen molar-refractivity contribution in [2.75, 3.05) is 25.3 Å². The number of nitrogens with zero attached hydrogens (tertiary/aromatic N) is 4. The van der Waals surface area contributed by atoms with Crippen LogP contribution in [0.3, 0.4) is 0 Å². The van der Waals surface area contributed by atoms with Gasteiger partial charge in [0.2, 0.25) is 5.91 Å². The Morgan fingerprint density at radius 3 is 2.53 bits per heavy atom. The van der Waals surface area contributed by atoms with Crippen LogP contribution >= 0.6 is 11.8 Å². The summed E-state index contributed by atoms with van der Waals surface area (Å²) in [6.45, 7) is 0. The van der Waals surface area contributed by atoms with Crippen molar-refractivity contribution in [2.45, 2.75) is 5.03 Å². The summed E-state index contributed by atoms with van der Waals surface area (Å²) in [7, 11) is 3.12. The Labute approximate surface area is 189 Å². The van der Waals surface area contributed by atoms with E-state index in [1.54, 1.807) is 43.3 Å². The molecule has 4 rings (SSSR count). The number of aromatic nitrogens is 4. The Bertz CT molecular complexity index is 1180. The number of carbonyl (C=O) groups is 1. The van der Waals surface area contributed by atoms with Crippen LogP contribution in [0.2, 0.25) is 0 Å². The molecule has 0 atom stereocenters.